The molecule has 1 aromatic rings. The molecule has 4 nitrogen and oxygen atoms in total. The number of benzene rings is 1. The van der Waals surface area contributed by atoms with E-state index in [0.717, 1.165) is 5.56 Å². The second kappa shape index (κ2) is 4.35. The van der Waals surface area contributed by atoms with Crippen molar-refractivity contribution in [3.63, 3.8) is 0 Å². The van der Waals surface area contributed by atoms with Crippen LogP contribution in [0, 0.1) is 0 Å². The number of ether oxygens (including phenoxy) is 2. The van der Waals surface area contributed by atoms with Crippen LogP contribution in [0.15, 0.2) is 24.3 Å². The van der Waals surface area contributed by atoms with Gasteiger partial charge in [-0.1, -0.05) is 12.1 Å². The van der Waals surface area contributed by atoms with Gasteiger partial charge in [-0.3, -0.25) is 0 Å². The quantitative estimate of drug-likeness (QED) is 0.707. The number of hydrogen-bond acceptors (Lipinski definition) is 4. The Morgan fingerprint density at radius 3 is 2.54 bits per heavy atom. The number of carbonyl (C=O) groups is 1. The molecule has 0 spiro atoms. The highest BCUT2D eigenvalue weighted by molar-refractivity contribution is 5.59. The van der Waals surface area contributed by atoms with Gasteiger partial charge < -0.3 is 14.6 Å². The second-order valence-electron chi connectivity index (χ2n) is 2.41. The molecule has 0 amide bonds. The Bertz CT molecular complexity index is 278. The van der Waals surface area contributed by atoms with Crippen molar-refractivity contribution in [3.8, 4) is 5.75 Å². The van der Waals surface area contributed by atoms with E-state index in [-0.39, 0.29) is 12.4 Å². The topological polar surface area (TPSA) is 55.8 Å². The number of phenolic OH excluding ortho intramolecular Hbond substituents is 1. The maximum absolute atomic E-state index is 10.6. The SMILES string of the molecule is COC(=O)OCc1ccc(O)cc1. The molecule has 1 aromatic carbocycles. The Hall–Kier alpha value is -1.71. The fourth-order valence-electron chi connectivity index (χ4n) is 0.793. The molecule has 0 saturated carbocycles. The Labute approximate surface area is 75.7 Å². The first kappa shape index (κ1) is 9.38. The lowest BCUT2D eigenvalue weighted by molar-refractivity contribution is 0.0669. The van der Waals surface area contributed by atoms with Gasteiger partial charge in [-0.05, 0) is 17.7 Å². The zero-order chi connectivity index (χ0) is 9.68. The lowest BCUT2D eigenvalue weighted by Crippen LogP contribution is -2.03. The fourth-order valence-corrected chi connectivity index (χ4v) is 0.793. The highest BCUT2D eigenvalue weighted by Gasteiger charge is 2.00. The minimum absolute atomic E-state index is 0.146. The molecule has 13 heavy (non-hydrogen) atoms. The van der Waals surface area contributed by atoms with Crippen molar-refractivity contribution in [1.82, 2.24) is 0 Å². The smallest absolute Gasteiger partial charge is 0.508 e. The first-order chi connectivity index (χ1) is 6.22. The van der Waals surface area contributed by atoms with Gasteiger partial charge in [-0.25, -0.2) is 4.79 Å². The van der Waals surface area contributed by atoms with E-state index in [1.807, 2.05) is 0 Å². The van der Waals surface area contributed by atoms with Crippen LogP contribution in [-0.2, 0) is 16.1 Å². The summed E-state index contributed by atoms with van der Waals surface area (Å²) in [7, 11) is 1.25. The lowest BCUT2D eigenvalue weighted by atomic mass is 10.2. The van der Waals surface area contributed by atoms with Crippen LogP contribution in [0.1, 0.15) is 5.56 Å². The third kappa shape index (κ3) is 3.02. The Morgan fingerprint density at radius 1 is 1.38 bits per heavy atom. The number of phenols is 1. The summed E-state index contributed by atoms with van der Waals surface area (Å²) in [5.41, 5.74) is 0.795. The van der Waals surface area contributed by atoms with Gasteiger partial charge in [0.05, 0.1) is 7.11 Å². The normalized spacial score (nSPS) is 9.31. The highest BCUT2D eigenvalue weighted by atomic mass is 16.7. The zero-order valence-corrected chi connectivity index (χ0v) is 7.19. The number of aromatic hydroxyl groups is 1. The number of hydrogen-bond donors (Lipinski definition) is 1. The van der Waals surface area contributed by atoms with E-state index in [2.05, 4.69) is 9.47 Å². The Morgan fingerprint density at radius 2 is 2.00 bits per heavy atom. The van der Waals surface area contributed by atoms with Crippen molar-refractivity contribution in [1.29, 1.82) is 0 Å². The van der Waals surface area contributed by atoms with Crippen LogP contribution < -0.4 is 0 Å². The molecule has 0 aliphatic carbocycles. The molecule has 0 saturated heterocycles. The molecule has 0 atom stereocenters. The second-order valence-corrected chi connectivity index (χ2v) is 2.41. The minimum atomic E-state index is -0.715. The summed E-state index contributed by atoms with van der Waals surface area (Å²) in [6.45, 7) is 0.146. The summed E-state index contributed by atoms with van der Waals surface area (Å²) < 4.78 is 8.96. The molecule has 1 N–H and O–H groups in total. The molecule has 70 valence electrons. The summed E-state index contributed by atoms with van der Waals surface area (Å²) in [5, 5.41) is 8.95. The predicted octanol–water partition coefficient (Wildman–Crippen LogP) is 1.68. The van der Waals surface area contributed by atoms with E-state index in [9.17, 15) is 4.79 Å². The van der Waals surface area contributed by atoms with Crippen molar-refractivity contribution in [2.24, 2.45) is 0 Å². The minimum Gasteiger partial charge on any atom is -0.508 e. The van der Waals surface area contributed by atoms with Gasteiger partial charge in [-0.2, -0.15) is 0 Å². The molecular formula is C9H10O4. The van der Waals surface area contributed by atoms with Gasteiger partial charge in [-0.15, -0.1) is 0 Å². The van der Waals surface area contributed by atoms with E-state index in [1.165, 1.54) is 19.2 Å². The molecule has 0 aromatic heterocycles. The number of carbonyl (C=O) groups excluding carboxylic acids is 1. The maximum Gasteiger partial charge on any atom is 0.508 e. The Kier molecular flexibility index (Phi) is 3.14. The van der Waals surface area contributed by atoms with E-state index in [0.29, 0.717) is 0 Å². The molecule has 0 aliphatic rings. The number of rotatable bonds is 2. The molecule has 0 aliphatic heterocycles. The van der Waals surface area contributed by atoms with Crippen LogP contribution in [0.2, 0.25) is 0 Å². The molecule has 0 heterocycles. The summed E-state index contributed by atoms with van der Waals surface area (Å²) in [4.78, 5) is 10.6. The standard InChI is InChI=1S/C9H10O4/c1-12-9(11)13-6-7-2-4-8(10)5-3-7/h2-5,10H,6H2,1H3. The lowest BCUT2D eigenvalue weighted by Gasteiger charge is -2.02. The van der Waals surface area contributed by atoms with Crippen molar-refractivity contribution in [2.75, 3.05) is 7.11 Å². The molecule has 0 radical (unpaired) electrons. The molecular weight excluding hydrogens is 172 g/mol. The fraction of sp³-hybridized carbons (Fsp3) is 0.222. The van der Waals surface area contributed by atoms with Crippen LogP contribution >= 0.6 is 0 Å². The van der Waals surface area contributed by atoms with Gasteiger partial charge in [0.15, 0.2) is 0 Å². The van der Waals surface area contributed by atoms with Gasteiger partial charge in [0, 0.05) is 0 Å². The maximum atomic E-state index is 10.6. The van der Waals surface area contributed by atoms with Gasteiger partial charge in [0.1, 0.15) is 12.4 Å². The third-order valence-corrected chi connectivity index (χ3v) is 1.46. The summed E-state index contributed by atoms with van der Waals surface area (Å²) in [6, 6.07) is 6.38. The third-order valence-electron chi connectivity index (χ3n) is 1.46. The van der Waals surface area contributed by atoms with E-state index in [1.54, 1.807) is 12.1 Å². The number of methoxy groups -OCH3 is 1. The van der Waals surface area contributed by atoms with Crippen LogP contribution in [-0.4, -0.2) is 18.4 Å². The van der Waals surface area contributed by atoms with Crippen LogP contribution in [0.3, 0.4) is 0 Å². The molecule has 1 rings (SSSR count). The van der Waals surface area contributed by atoms with Gasteiger partial charge >= 0.3 is 6.16 Å². The first-order valence-electron chi connectivity index (χ1n) is 3.71. The predicted molar refractivity (Wildman–Crippen MR) is 45.3 cm³/mol. The summed E-state index contributed by atoms with van der Waals surface area (Å²) >= 11 is 0. The summed E-state index contributed by atoms with van der Waals surface area (Å²) in [6.07, 6.45) is -0.715. The summed E-state index contributed by atoms with van der Waals surface area (Å²) in [5.74, 6) is 0.182. The van der Waals surface area contributed by atoms with E-state index < -0.39 is 6.16 Å². The highest BCUT2D eigenvalue weighted by Crippen LogP contribution is 2.10. The van der Waals surface area contributed by atoms with E-state index >= 15 is 0 Å². The van der Waals surface area contributed by atoms with Crippen molar-refractivity contribution in [3.05, 3.63) is 29.8 Å². The zero-order valence-electron chi connectivity index (χ0n) is 7.19. The monoisotopic (exact) mass is 182 g/mol. The first-order valence-corrected chi connectivity index (χ1v) is 3.71. The van der Waals surface area contributed by atoms with Gasteiger partial charge in [0.25, 0.3) is 0 Å². The van der Waals surface area contributed by atoms with Crippen LogP contribution in [0.4, 0.5) is 4.79 Å². The molecule has 0 bridgehead atoms. The van der Waals surface area contributed by atoms with Crippen LogP contribution in [0.25, 0.3) is 0 Å². The van der Waals surface area contributed by atoms with Crippen LogP contribution in [0.5, 0.6) is 5.75 Å². The molecule has 4 heteroatoms. The van der Waals surface area contributed by atoms with E-state index in [4.69, 9.17) is 5.11 Å². The van der Waals surface area contributed by atoms with Crippen molar-refractivity contribution >= 4 is 6.16 Å². The largest absolute Gasteiger partial charge is 0.508 e. The Balaban J connectivity index is 2.46. The molecule has 0 fully saturated rings. The molecule has 0 unspecified atom stereocenters. The van der Waals surface area contributed by atoms with Crippen molar-refractivity contribution < 1.29 is 19.4 Å². The van der Waals surface area contributed by atoms with Crippen molar-refractivity contribution in [2.45, 2.75) is 6.61 Å². The average molecular weight is 182 g/mol. The average Bonchev–Trinajstić information content (AvgIpc) is 2.16. The van der Waals surface area contributed by atoms with Gasteiger partial charge in [0.2, 0.25) is 0 Å².